The molecule has 0 spiro atoms. The Morgan fingerprint density at radius 3 is 2.55 bits per heavy atom. The summed E-state index contributed by atoms with van der Waals surface area (Å²) in [5.74, 6) is 1.76. The summed E-state index contributed by atoms with van der Waals surface area (Å²) < 4.78 is 0.714. The van der Waals surface area contributed by atoms with E-state index in [1.54, 1.807) is 0 Å². The third kappa shape index (κ3) is 3.67. The summed E-state index contributed by atoms with van der Waals surface area (Å²) in [6.45, 7) is 3.17. The van der Waals surface area contributed by atoms with Gasteiger partial charge in [-0.1, -0.05) is 30.3 Å². The van der Waals surface area contributed by atoms with Crippen molar-refractivity contribution in [1.29, 1.82) is 0 Å². The van der Waals surface area contributed by atoms with Crippen LogP contribution >= 0.6 is 15.9 Å². The Hall–Kier alpha value is -1.20. The average Bonchev–Trinajstić information content (AvgIpc) is 2.88. The molecule has 1 saturated heterocycles. The van der Waals surface area contributed by atoms with E-state index in [4.69, 9.17) is 0 Å². The minimum Gasteiger partial charge on any atom is -0.318 e. The van der Waals surface area contributed by atoms with Crippen LogP contribution in [0.4, 0.5) is 0 Å². The minimum atomic E-state index is 0.714. The quantitative estimate of drug-likeness (QED) is 0.934. The number of likely N-dealkylation sites (tertiary alicyclic amines) is 1. The maximum atomic E-state index is 4.10. The van der Waals surface area contributed by atoms with Crippen molar-refractivity contribution >= 4 is 15.9 Å². The lowest BCUT2D eigenvalue weighted by atomic mass is 9.90. The van der Waals surface area contributed by atoms with E-state index in [2.05, 4.69) is 66.3 Å². The van der Waals surface area contributed by atoms with Gasteiger partial charge in [0.2, 0.25) is 0 Å². The fraction of sp³-hybridized carbons (Fsp3) is 0.467. The first-order valence-electron chi connectivity index (χ1n) is 7.13. The molecule has 0 aliphatic carbocycles. The average molecular weight is 335 g/mol. The zero-order valence-corrected chi connectivity index (χ0v) is 13.0. The molecule has 1 fully saturated rings. The van der Waals surface area contributed by atoms with Crippen LogP contribution in [0.15, 0.2) is 35.1 Å². The molecular weight excluding hydrogens is 316 g/mol. The van der Waals surface area contributed by atoms with Crippen LogP contribution in [-0.2, 0) is 13.0 Å². The van der Waals surface area contributed by atoms with E-state index < -0.39 is 0 Å². The van der Waals surface area contributed by atoms with Gasteiger partial charge in [0, 0.05) is 0 Å². The van der Waals surface area contributed by atoms with E-state index in [0.29, 0.717) is 4.73 Å². The van der Waals surface area contributed by atoms with Crippen molar-refractivity contribution in [2.24, 2.45) is 5.92 Å². The Labute approximate surface area is 127 Å². The van der Waals surface area contributed by atoms with Crippen LogP contribution in [-0.4, -0.2) is 33.2 Å². The first-order valence-corrected chi connectivity index (χ1v) is 7.92. The molecule has 0 atom stereocenters. The number of nitrogens with zero attached hydrogens (tertiary/aromatic N) is 3. The van der Waals surface area contributed by atoms with Gasteiger partial charge in [0.05, 0.1) is 6.54 Å². The second-order valence-electron chi connectivity index (χ2n) is 5.47. The second kappa shape index (κ2) is 6.50. The zero-order chi connectivity index (χ0) is 13.8. The van der Waals surface area contributed by atoms with Crippen LogP contribution in [0.25, 0.3) is 0 Å². The molecular formula is C15H19BrN4. The third-order valence-corrected chi connectivity index (χ3v) is 4.31. The number of rotatable bonds is 4. The smallest absolute Gasteiger partial charge is 0.197 e. The Bertz CT molecular complexity index is 532. The first kappa shape index (κ1) is 13.8. The number of aromatic amines is 1. The van der Waals surface area contributed by atoms with Crippen molar-refractivity contribution in [3.8, 4) is 0 Å². The summed E-state index contributed by atoms with van der Waals surface area (Å²) >= 11 is 3.30. The Balaban J connectivity index is 1.47. The summed E-state index contributed by atoms with van der Waals surface area (Å²) in [5.41, 5.74) is 1.46. The molecule has 2 aromatic rings. The largest absolute Gasteiger partial charge is 0.318 e. The Morgan fingerprint density at radius 1 is 1.15 bits per heavy atom. The van der Waals surface area contributed by atoms with Crippen molar-refractivity contribution in [2.45, 2.75) is 25.8 Å². The number of H-pyrrole nitrogens is 1. The lowest BCUT2D eigenvalue weighted by molar-refractivity contribution is 0.173. The maximum absolute atomic E-state index is 4.10. The highest BCUT2D eigenvalue weighted by Gasteiger charge is 2.20. The number of aromatic nitrogens is 3. The van der Waals surface area contributed by atoms with E-state index >= 15 is 0 Å². The van der Waals surface area contributed by atoms with Crippen molar-refractivity contribution in [3.05, 3.63) is 46.5 Å². The van der Waals surface area contributed by atoms with E-state index in [9.17, 15) is 0 Å². The number of piperidine rings is 1. The highest BCUT2D eigenvalue weighted by atomic mass is 79.9. The summed E-state index contributed by atoms with van der Waals surface area (Å²) in [6, 6.07) is 10.8. The van der Waals surface area contributed by atoms with Gasteiger partial charge in [0.1, 0.15) is 5.82 Å². The molecule has 0 saturated carbocycles. The SMILES string of the molecule is Brc1nnc(CN2CCC(Cc3ccccc3)CC2)[nH]1. The minimum absolute atomic E-state index is 0.714. The highest BCUT2D eigenvalue weighted by Crippen LogP contribution is 2.22. The molecule has 0 bridgehead atoms. The van der Waals surface area contributed by atoms with Crippen LogP contribution in [0.1, 0.15) is 24.2 Å². The summed E-state index contributed by atoms with van der Waals surface area (Å²) in [5, 5.41) is 8.04. The lowest BCUT2D eigenvalue weighted by Gasteiger charge is -2.31. The topological polar surface area (TPSA) is 44.8 Å². The van der Waals surface area contributed by atoms with Gasteiger partial charge in [-0.15, -0.1) is 10.2 Å². The monoisotopic (exact) mass is 334 g/mol. The van der Waals surface area contributed by atoms with Gasteiger partial charge in [-0.05, 0) is 59.8 Å². The molecule has 1 aliphatic heterocycles. The molecule has 2 heterocycles. The van der Waals surface area contributed by atoms with E-state index in [1.165, 1.54) is 24.8 Å². The van der Waals surface area contributed by atoms with E-state index in [1.807, 2.05) is 0 Å². The first-order chi connectivity index (χ1) is 9.79. The summed E-state index contributed by atoms with van der Waals surface area (Å²) in [4.78, 5) is 5.58. The molecule has 5 heteroatoms. The third-order valence-electron chi connectivity index (χ3n) is 3.95. The van der Waals surface area contributed by atoms with Crippen molar-refractivity contribution in [3.63, 3.8) is 0 Å². The number of benzene rings is 1. The number of halogens is 1. The molecule has 20 heavy (non-hydrogen) atoms. The molecule has 106 valence electrons. The molecule has 0 amide bonds. The number of hydrogen-bond donors (Lipinski definition) is 1. The van der Waals surface area contributed by atoms with Gasteiger partial charge in [0.15, 0.2) is 4.73 Å². The maximum Gasteiger partial charge on any atom is 0.197 e. The molecule has 1 aromatic heterocycles. The fourth-order valence-corrected chi connectivity index (χ4v) is 3.16. The number of hydrogen-bond acceptors (Lipinski definition) is 3. The van der Waals surface area contributed by atoms with Crippen LogP contribution in [0.2, 0.25) is 0 Å². The predicted molar refractivity (Wildman–Crippen MR) is 82.2 cm³/mol. The molecule has 0 unspecified atom stereocenters. The van der Waals surface area contributed by atoms with Crippen LogP contribution in [0.5, 0.6) is 0 Å². The molecule has 1 N–H and O–H groups in total. The van der Waals surface area contributed by atoms with Gasteiger partial charge in [0.25, 0.3) is 0 Å². The molecule has 4 nitrogen and oxygen atoms in total. The highest BCUT2D eigenvalue weighted by molar-refractivity contribution is 9.10. The molecule has 1 aliphatic rings. The second-order valence-corrected chi connectivity index (χ2v) is 6.22. The summed E-state index contributed by atoms with van der Waals surface area (Å²) in [7, 11) is 0. The molecule has 1 aromatic carbocycles. The summed E-state index contributed by atoms with van der Waals surface area (Å²) in [6.07, 6.45) is 3.75. The van der Waals surface area contributed by atoms with Crippen LogP contribution in [0.3, 0.4) is 0 Å². The van der Waals surface area contributed by atoms with Crippen molar-refractivity contribution in [2.75, 3.05) is 13.1 Å². The standard InChI is InChI=1S/C15H19BrN4/c16-15-17-14(18-19-15)11-20-8-6-13(7-9-20)10-12-4-2-1-3-5-12/h1-5,13H,6-11H2,(H,17,18,19). The van der Waals surface area contributed by atoms with Crippen molar-refractivity contribution in [1.82, 2.24) is 20.1 Å². The predicted octanol–water partition coefficient (Wildman–Crippen LogP) is 3.02. The van der Waals surface area contributed by atoms with E-state index in [-0.39, 0.29) is 0 Å². The molecule has 0 radical (unpaired) electrons. The normalized spacial score (nSPS) is 17.4. The molecule has 3 rings (SSSR count). The van der Waals surface area contributed by atoms with Crippen LogP contribution in [0, 0.1) is 5.92 Å². The lowest BCUT2D eigenvalue weighted by Crippen LogP contribution is -2.34. The van der Waals surface area contributed by atoms with Crippen LogP contribution < -0.4 is 0 Å². The van der Waals surface area contributed by atoms with Gasteiger partial charge < -0.3 is 4.98 Å². The van der Waals surface area contributed by atoms with Gasteiger partial charge in [-0.2, -0.15) is 0 Å². The van der Waals surface area contributed by atoms with Gasteiger partial charge in [-0.25, -0.2) is 0 Å². The van der Waals surface area contributed by atoms with Gasteiger partial charge in [-0.3, -0.25) is 4.90 Å². The fourth-order valence-electron chi connectivity index (χ4n) is 2.85. The van der Waals surface area contributed by atoms with Crippen molar-refractivity contribution < 1.29 is 0 Å². The zero-order valence-electron chi connectivity index (χ0n) is 11.4. The number of nitrogens with one attached hydrogen (secondary N) is 1. The van der Waals surface area contributed by atoms with Gasteiger partial charge >= 0.3 is 0 Å². The Kier molecular flexibility index (Phi) is 4.47. The van der Waals surface area contributed by atoms with E-state index in [0.717, 1.165) is 31.4 Å². The Morgan fingerprint density at radius 2 is 1.90 bits per heavy atom.